The standard InChI is InChI=1S/C9H12O2Si/c1-12(11)7-6-8-4-2-3-5-9(8)10/h2-5,8H,6-7H2,1H3. The molecule has 1 aliphatic carbocycles. The van der Waals surface area contributed by atoms with Crippen molar-refractivity contribution < 1.29 is 9.26 Å². The van der Waals surface area contributed by atoms with Gasteiger partial charge in [0.2, 0.25) is 0 Å². The molecular formula is C9H12O2Si. The molecular weight excluding hydrogens is 168 g/mol. The molecule has 64 valence electrons. The Kier molecular flexibility index (Phi) is 3.28. The van der Waals surface area contributed by atoms with Crippen LogP contribution in [0.15, 0.2) is 24.3 Å². The van der Waals surface area contributed by atoms with Crippen molar-refractivity contribution in [1.82, 2.24) is 0 Å². The number of allylic oxidation sites excluding steroid dienone is 4. The average molecular weight is 180 g/mol. The highest BCUT2D eigenvalue weighted by atomic mass is 28.3. The third kappa shape index (κ3) is 2.66. The first-order chi connectivity index (χ1) is 5.70. The fraction of sp³-hybridized carbons (Fsp3) is 0.444. The van der Waals surface area contributed by atoms with Crippen LogP contribution in [0.25, 0.3) is 0 Å². The molecule has 0 aromatic heterocycles. The highest BCUT2D eigenvalue weighted by molar-refractivity contribution is 6.40. The molecule has 0 aliphatic heterocycles. The molecule has 3 heteroatoms. The Hall–Kier alpha value is -0.833. The van der Waals surface area contributed by atoms with Gasteiger partial charge in [-0.3, -0.25) is 4.79 Å². The second kappa shape index (κ2) is 4.26. The van der Waals surface area contributed by atoms with Crippen molar-refractivity contribution in [2.24, 2.45) is 5.92 Å². The highest BCUT2D eigenvalue weighted by Gasteiger charge is 2.14. The Labute approximate surface area is 73.6 Å². The molecule has 0 saturated carbocycles. The third-order valence-corrected chi connectivity index (χ3v) is 2.88. The van der Waals surface area contributed by atoms with E-state index in [1.165, 1.54) is 0 Å². The van der Waals surface area contributed by atoms with Gasteiger partial charge in [0.1, 0.15) is 0 Å². The van der Waals surface area contributed by atoms with E-state index >= 15 is 0 Å². The summed E-state index contributed by atoms with van der Waals surface area (Å²) < 4.78 is 10.8. The first-order valence-corrected chi connectivity index (χ1v) is 6.20. The van der Waals surface area contributed by atoms with Gasteiger partial charge in [-0.05, 0) is 25.1 Å². The molecule has 1 aliphatic rings. The van der Waals surface area contributed by atoms with Gasteiger partial charge in [0, 0.05) is 5.92 Å². The summed E-state index contributed by atoms with van der Waals surface area (Å²) >= 11 is 0. The zero-order valence-corrected chi connectivity index (χ0v) is 8.12. The van der Waals surface area contributed by atoms with Crippen LogP contribution < -0.4 is 0 Å². The largest absolute Gasteiger partial charge is 0.389 e. The summed E-state index contributed by atoms with van der Waals surface area (Å²) in [6.07, 6.45) is 7.81. The fourth-order valence-corrected chi connectivity index (χ4v) is 1.88. The summed E-state index contributed by atoms with van der Waals surface area (Å²) in [7, 11) is -1.42. The van der Waals surface area contributed by atoms with E-state index in [1.54, 1.807) is 18.7 Å². The lowest BCUT2D eigenvalue weighted by Gasteiger charge is -2.09. The predicted molar refractivity (Wildman–Crippen MR) is 48.5 cm³/mol. The molecule has 0 saturated heterocycles. The van der Waals surface area contributed by atoms with Crippen molar-refractivity contribution >= 4 is 14.5 Å². The fourth-order valence-electron chi connectivity index (χ4n) is 1.16. The van der Waals surface area contributed by atoms with Crippen molar-refractivity contribution in [3.63, 3.8) is 0 Å². The molecule has 0 spiro atoms. The van der Waals surface area contributed by atoms with E-state index in [4.69, 9.17) is 0 Å². The highest BCUT2D eigenvalue weighted by Crippen LogP contribution is 2.14. The van der Waals surface area contributed by atoms with Crippen molar-refractivity contribution in [3.8, 4) is 0 Å². The van der Waals surface area contributed by atoms with Crippen molar-refractivity contribution in [2.45, 2.75) is 19.0 Å². The van der Waals surface area contributed by atoms with Gasteiger partial charge in [-0.15, -0.1) is 0 Å². The molecule has 0 N–H and O–H groups in total. The monoisotopic (exact) mass is 180 g/mol. The maximum atomic E-state index is 11.2. The van der Waals surface area contributed by atoms with Crippen molar-refractivity contribution in [1.29, 1.82) is 0 Å². The van der Waals surface area contributed by atoms with E-state index in [2.05, 4.69) is 0 Å². The van der Waals surface area contributed by atoms with Gasteiger partial charge in [0.25, 0.3) is 8.68 Å². The van der Waals surface area contributed by atoms with E-state index in [-0.39, 0.29) is 11.7 Å². The second-order valence-corrected chi connectivity index (χ2v) is 4.90. The molecule has 0 amide bonds. The SMILES string of the molecule is C[Si](=O)CCC1C=CC=CC1=O. The molecule has 2 nitrogen and oxygen atoms in total. The molecule has 0 fully saturated rings. The number of carbonyl (C=O) groups is 1. The minimum atomic E-state index is -1.42. The lowest BCUT2D eigenvalue weighted by molar-refractivity contribution is -0.117. The zero-order valence-electron chi connectivity index (χ0n) is 7.12. The Bertz CT molecular complexity index is 253. The summed E-state index contributed by atoms with van der Waals surface area (Å²) in [5.41, 5.74) is 0. The first-order valence-electron chi connectivity index (χ1n) is 4.08. The lowest BCUT2D eigenvalue weighted by Crippen LogP contribution is -2.12. The summed E-state index contributed by atoms with van der Waals surface area (Å²) in [5.74, 6) is 0.115. The van der Waals surface area contributed by atoms with E-state index in [9.17, 15) is 9.26 Å². The van der Waals surface area contributed by atoms with Gasteiger partial charge < -0.3 is 4.46 Å². The molecule has 12 heavy (non-hydrogen) atoms. The summed E-state index contributed by atoms with van der Waals surface area (Å²) in [5, 5.41) is 0. The summed E-state index contributed by atoms with van der Waals surface area (Å²) in [6, 6.07) is 0.680. The number of hydrogen-bond acceptors (Lipinski definition) is 2. The Morgan fingerprint density at radius 2 is 2.25 bits per heavy atom. The molecule has 0 radical (unpaired) electrons. The smallest absolute Gasteiger partial charge is 0.273 e. The lowest BCUT2D eigenvalue weighted by atomic mass is 9.97. The Morgan fingerprint density at radius 3 is 2.83 bits per heavy atom. The average Bonchev–Trinajstić information content (AvgIpc) is 2.03. The van der Waals surface area contributed by atoms with Crippen LogP contribution in [0.2, 0.25) is 12.6 Å². The Morgan fingerprint density at radius 1 is 1.50 bits per heavy atom. The second-order valence-electron chi connectivity index (χ2n) is 2.99. The van der Waals surface area contributed by atoms with Gasteiger partial charge in [0.05, 0.1) is 0 Å². The van der Waals surface area contributed by atoms with Crippen LogP contribution >= 0.6 is 0 Å². The molecule has 1 unspecified atom stereocenters. The van der Waals surface area contributed by atoms with Crippen LogP contribution in [-0.2, 0) is 9.26 Å². The topological polar surface area (TPSA) is 34.1 Å². The number of hydrogen-bond donors (Lipinski definition) is 0. The van der Waals surface area contributed by atoms with Crippen molar-refractivity contribution in [3.05, 3.63) is 24.3 Å². The van der Waals surface area contributed by atoms with Gasteiger partial charge in [-0.25, -0.2) is 0 Å². The maximum absolute atomic E-state index is 11.2. The van der Waals surface area contributed by atoms with Crippen LogP contribution in [0.1, 0.15) is 6.42 Å². The first kappa shape index (κ1) is 9.26. The van der Waals surface area contributed by atoms with Crippen LogP contribution in [0.4, 0.5) is 0 Å². The summed E-state index contributed by atoms with van der Waals surface area (Å²) in [4.78, 5) is 11.2. The molecule has 0 bridgehead atoms. The number of rotatable bonds is 3. The van der Waals surface area contributed by atoms with Crippen LogP contribution in [0, 0.1) is 5.92 Å². The van der Waals surface area contributed by atoms with Gasteiger partial charge in [0.15, 0.2) is 5.78 Å². The Balaban J connectivity index is 2.42. The molecule has 0 heterocycles. The van der Waals surface area contributed by atoms with E-state index in [0.717, 1.165) is 6.42 Å². The van der Waals surface area contributed by atoms with Crippen molar-refractivity contribution in [2.75, 3.05) is 0 Å². The zero-order chi connectivity index (χ0) is 8.97. The molecule has 0 aromatic carbocycles. The predicted octanol–water partition coefficient (Wildman–Crippen LogP) is 1.74. The normalized spacial score (nSPS) is 21.4. The molecule has 1 atom stereocenters. The number of ketones is 1. The molecule has 1 rings (SSSR count). The quantitative estimate of drug-likeness (QED) is 0.620. The third-order valence-electron chi connectivity index (χ3n) is 1.89. The minimum Gasteiger partial charge on any atom is -0.389 e. The van der Waals surface area contributed by atoms with E-state index in [1.807, 2.05) is 12.2 Å². The van der Waals surface area contributed by atoms with Gasteiger partial charge >= 0.3 is 0 Å². The number of carbonyl (C=O) groups excluding carboxylic acids is 1. The van der Waals surface area contributed by atoms with Crippen LogP contribution in [0.5, 0.6) is 0 Å². The van der Waals surface area contributed by atoms with Gasteiger partial charge in [-0.1, -0.05) is 18.2 Å². The maximum Gasteiger partial charge on any atom is 0.273 e. The summed E-state index contributed by atoms with van der Waals surface area (Å²) in [6.45, 7) is 1.73. The van der Waals surface area contributed by atoms with E-state index in [0.29, 0.717) is 6.04 Å². The van der Waals surface area contributed by atoms with E-state index < -0.39 is 8.68 Å². The van der Waals surface area contributed by atoms with Crippen LogP contribution in [0.3, 0.4) is 0 Å². The van der Waals surface area contributed by atoms with Gasteiger partial charge in [-0.2, -0.15) is 0 Å². The molecule has 0 aromatic rings. The van der Waals surface area contributed by atoms with Crippen LogP contribution in [-0.4, -0.2) is 14.5 Å². The minimum absolute atomic E-state index is 0.0242.